The van der Waals surface area contributed by atoms with Gasteiger partial charge >= 0.3 is 0 Å². The number of hydrogen-bond donors (Lipinski definition) is 1. The van der Waals surface area contributed by atoms with Crippen LogP contribution in [0.25, 0.3) is 0 Å². The summed E-state index contributed by atoms with van der Waals surface area (Å²) in [5.74, 6) is 0. The lowest BCUT2D eigenvalue weighted by Crippen LogP contribution is -2.45. The van der Waals surface area contributed by atoms with Crippen molar-refractivity contribution in [2.24, 2.45) is 0 Å². The van der Waals surface area contributed by atoms with Crippen molar-refractivity contribution in [1.29, 1.82) is 0 Å². The van der Waals surface area contributed by atoms with Crippen molar-refractivity contribution < 1.29 is 9.47 Å². The maximum absolute atomic E-state index is 5.90. The molecule has 2 heterocycles. The van der Waals surface area contributed by atoms with Crippen LogP contribution < -0.4 is 5.32 Å². The molecule has 0 aliphatic carbocycles. The molecule has 0 aromatic carbocycles. The van der Waals surface area contributed by atoms with E-state index >= 15 is 0 Å². The van der Waals surface area contributed by atoms with Crippen LogP contribution in [-0.2, 0) is 9.47 Å². The van der Waals surface area contributed by atoms with E-state index in [1.165, 1.54) is 12.8 Å². The van der Waals surface area contributed by atoms with Gasteiger partial charge in [0.15, 0.2) is 0 Å². The van der Waals surface area contributed by atoms with Crippen LogP contribution in [0.15, 0.2) is 0 Å². The van der Waals surface area contributed by atoms with E-state index < -0.39 is 0 Å². The van der Waals surface area contributed by atoms with Gasteiger partial charge in [0.2, 0.25) is 0 Å². The number of morpholine rings is 1. The summed E-state index contributed by atoms with van der Waals surface area (Å²) >= 11 is 0. The predicted octanol–water partition coefficient (Wildman–Crippen LogP) is 0.476. The molecule has 1 N–H and O–H groups in total. The monoisotopic (exact) mass is 228 g/mol. The van der Waals surface area contributed by atoms with Gasteiger partial charge in [0, 0.05) is 19.6 Å². The quantitative estimate of drug-likeness (QED) is 0.758. The highest BCUT2D eigenvalue weighted by atomic mass is 16.5. The van der Waals surface area contributed by atoms with E-state index in [9.17, 15) is 0 Å². The van der Waals surface area contributed by atoms with E-state index in [-0.39, 0.29) is 6.10 Å². The molecular weight excluding hydrogens is 204 g/mol. The Labute approximate surface area is 98.3 Å². The smallest absolute Gasteiger partial charge is 0.0935 e. The summed E-state index contributed by atoms with van der Waals surface area (Å²) in [5, 5.41) is 3.37. The molecule has 16 heavy (non-hydrogen) atoms. The fraction of sp³-hybridized carbons (Fsp3) is 1.00. The molecule has 2 fully saturated rings. The Bertz CT molecular complexity index is 195. The average molecular weight is 228 g/mol. The number of nitrogens with zero attached hydrogens (tertiary/aromatic N) is 1. The highest BCUT2D eigenvalue weighted by Crippen LogP contribution is 2.10. The molecule has 2 atom stereocenters. The van der Waals surface area contributed by atoms with Crippen LogP contribution in [0.3, 0.4) is 0 Å². The van der Waals surface area contributed by atoms with Gasteiger partial charge in [-0.15, -0.1) is 0 Å². The first-order valence-electron chi connectivity index (χ1n) is 6.54. The number of hydrogen-bond acceptors (Lipinski definition) is 4. The molecule has 0 radical (unpaired) electrons. The van der Waals surface area contributed by atoms with Crippen LogP contribution in [0.2, 0.25) is 0 Å². The van der Waals surface area contributed by atoms with Crippen LogP contribution in [-0.4, -0.2) is 63.0 Å². The second-order valence-corrected chi connectivity index (χ2v) is 4.69. The summed E-state index contributed by atoms with van der Waals surface area (Å²) < 4.78 is 11.6. The number of rotatable bonds is 4. The lowest BCUT2D eigenvalue weighted by molar-refractivity contribution is -0.0867. The van der Waals surface area contributed by atoms with Crippen LogP contribution in [0, 0.1) is 0 Å². The molecule has 0 spiro atoms. The van der Waals surface area contributed by atoms with Crippen LogP contribution >= 0.6 is 0 Å². The van der Waals surface area contributed by atoms with E-state index in [0.29, 0.717) is 6.10 Å². The normalized spacial score (nSPS) is 32.8. The topological polar surface area (TPSA) is 33.7 Å². The van der Waals surface area contributed by atoms with Crippen LogP contribution in [0.5, 0.6) is 0 Å². The zero-order valence-corrected chi connectivity index (χ0v) is 10.3. The second-order valence-electron chi connectivity index (χ2n) is 4.69. The molecule has 0 saturated carbocycles. The Balaban J connectivity index is 1.64. The van der Waals surface area contributed by atoms with Crippen LogP contribution in [0.4, 0.5) is 0 Å². The largest absolute Gasteiger partial charge is 0.374 e. The Morgan fingerprint density at radius 1 is 1.50 bits per heavy atom. The van der Waals surface area contributed by atoms with Crippen molar-refractivity contribution in [2.75, 3.05) is 45.9 Å². The molecule has 94 valence electrons. The molecule has 1 unspecified atom stereocenters. The molecule has 4 nitrogen and oxygen atoms in total. The number of ether oxygens (including phenoxy) is 2. The van der Waals surface area contributed by atoms with E-state index in [4.69, 9.17) is 9.47 Å². The lowest BCUT2D eigenvalue weighted by Gasteiger charge is -2.33. The Morgan fingerprint density at radius 3 is 3.19 bits per heavy atom. The van der Waals surface area contributed by atoms with Crippen molar-refractivity contribution in [1.82, 2.24) is 10.2 Å². The molecular formula is C12H24N2O2. The molecule has 4 heteroatoms. The van der Waals surface area contributed by atoms with E-state index in [1.54, 1.807) is 0 Å². The minimum atomic E-state index is 0.274. The summed E-state index contributed by atoms with van der Waals surface area (Å²) in [4.78, 5) is 2.43. The summed E-state index contributed by atoms with van der Waals surface area (Å²) in [6, 6.07) is 0. The molecule has 0 bridgehead atoms. The number of nitrogens with one attached hydrogen (secondary N) is 1. The molecule has 0 amide bonds. The third kappa shape index (κ3) is 3.70. The second kappa shape index (κ2) is 6.55. The van der Waals surface area contributed by atoms with E-state index in [0.717, 1.165) is 45.9 Å². The fourth-order valence-corrected chi connectivity index (χ4v) is 2.37. The molecule has 0 aromatic rings. The summed E-state index contributed by atoms with van der Waals surface area (Å²) in [5.41, 5.74) is 0. The summed E-state index contributed by atoms with van der Waals surface area (Å²) in [6.07, 6.45) is 3.10. The van der Waals surface area contributed by atoms with Gasteiger partial charge in [0.1, 0.15) is 0 Å². The van der Waals surface area contributed by atoms with Crippen molar-refractivity contribution >= 4 is 0 Å². The standard InChI is InChI=1S/C12H24N2O2/c1-2-14-6-7-15-12(9-14)10-16-11-4-3-5-13-8-11/h11-13H,2-10H2,1H3/t11-,12?/m0/s1. The SMILES string of the molecule is CCN1CCOC(CO[C@H]2CCCNC2)C1. The third-order valence-electron chi connectivity index (χ3n) is 3.44. The first-order chi connectivity index (χ1) is 7.88. The zero-order valence-electron chi connectivity index (χ0n) is 10.3. The fourth-order valence-electron chi connectivity index (χ4n) is 2.37. The van der Waals surface area contributed by atoms with Crippen molar-refractivity contribution in [3.8, 4) is 0 Å². The minimum absolute atomic E-state index is 0.274. The highest BCUT2D eigenvalue weighted by molar-refractivity contribution is 4.73. The molecule has 2 rings (SSSR count). The van der Waals surface area contributed by atoms with Gasteiger partial charge in [-0.2, -0.15) is 0 Å². The Hall–Kier alpha value is -0.160. The molecule has 2 aliphatic rings. The maximum Gasteiger partial charge on any atom is 0.0935 e. The first-order valence-corrected chi connectivity index (χ1v) is 6.54. The third-order valence-corrected chi connectivity index (χ3v) is 3.44. The number of likely N-dealkylation sites (N-methyl/N-ethyl adjacent to an activating group) is 1. The summed E-state index contributed by atoms with van der Waals surface area (Å²) in [6.45, 7) is 9.16. The maximum atomic E-state index is 5.90. The van der Waals surface area contributed by atoms with Crippen molar-refractivity contribution in [2.45, 2.75) is 32.0 Å². The van der Waals surface area contributed by atoms with Crippen molar-refractivity contribution in [3.05, 3.63) is 0 Å². The highest BCUT2D eigenvalue weighted by Gasteiger charge is 2.21. The lowest BCUT2D eigenvalue weighted by atomic mass is 10.1. The van der Waals surface area contributed by atoms with Gasteiger partial charge in [-0.25, -0.2) is 0 Å². The minimum Gasteiger partial charge on any atom is -0.374 e. The van der Waals surface area contributed by atoms with E-state index in [2.05, 4.69) is 17.1 Å². The van der Waals surface area contributed by atoms with E-state index in [1.807, 2.05) is 0 Å². The van der Waals surface area contributed by atoms with Gasteiger partial charge in [-0.1, -0.05) is 6.92 Å². The molecule has 0 aromatic heterocycles. The van der Waals surface area contributed by atoms with Crippen LogP contribution in [0.1, 0.15) is 19.8 Å². The van der Waals surface area contributed by atoms with Gasteiger partial charge < -0.3 is 14.8 Å². The Kier molecular flexibility index (Phi) is 5.03. The predicted molar refractivity (Wildman–Crippen MR) is 63.7 cm³/mol. The summed E-state index contributed by atoms with van der Waals surface area (Å²) in [7, 11) is 0. The molecule has 2 saturated heterocycles. The first kappa shape index (κ1) is 12.3. The average Bonchev–Trinajstić information content (AvgIpc) is 2.38. The number of piperidine rings is 1. The van der Waals surface area contributed by atoms with Gasteiger partial charge in [0.05, 0.1) is 25.4 Å². The Morgan fingerprint density at radius 2 is 2.44 bits per heavy atom. The zero-order chi connectivity index (χ0) is 11.2. The van der Waals surface area contributed by atoms with Crippen molar-refractivity contribution in [3.63, 3.8) is 0 Å². The van der Waals surface area contributed by atoms with Gasteiger partial charge in [0.25, 0.3) is 0 Å². The van der Waals surface area contributed by atoms with Gasteiger partial charge in [-0.05, 0) is 25.9 Å². The molecule has 2 aliphatic heterocycles. The van der Waals surface area contributed by atoms with Gasteiger partial charge in [-0.3, -0.25) is 4.90 Å².